The Kier molecular flexibility index (Phi) is 4.95. The van der Waals surface area contributed by atoms with Crippen molar-refractivity contribution in [3.8, 4) is 0 Å². The zero-order valence-electron chi connectivity index (χ0n) is 12.8. The van der Waals surface area contributed by atoms with Gasteiger partial charge in [-0.25, -0.2) is 4.39 Å². The maximum atomic E-state index is 13.2. The van der Waals surface area contributed by atoms with Gasteiger partial charge in [-0.05, 0) is 23.3 Å². The van der Waals surface area contributed by atoms with Gasteiger partial charge in [-0.1, -0.05) is 42.5 Å². The van der Waals surface area contributed by atoms with Crippen molar-refractivity contribution in [1.29, 1.82) is 0 Å². The summed E-state index contributed by atoms with van der Waals surface area (Å²) in [6.45, 7) is 0. The monoisotopic (exact) mass is 322 g/mol. The SMILES string of the molecule is CN(C)S(=O)(=O)N(C)C(c1ccccc1)c1ccc(F)cc1. The van der Waals surface area contributed by atoms with Crippen LogP contribution in [0.5, 0.6) is 0 Å². The van der Waals surface area contributed by atoms with Gasteiger partial charge in [0, 0.05) is 21.1 Å². The van der Waals surface area contributed by atoms with Crippen LogP contribution >= 0.6 is 0 Å². The van der Waals surface area contributed by atoms with Crippen LogP contribution in [0.4, 0.5) is 4.39 Å². The summed E-state index contributed by atoms with van der Waals surface area (Å²) in [4.78, 5) is 0. The molecule has 0 aliphatic heterocycles. The molecule has 0 spiro atoms. The molecule has 2 aromatic carbocycles. The summed E-state index contributed by atoms with van der Waals surface area (Å²) in [5.74, 6) is -0.353. The molecule has 1 atom stereocenters. The van der Waals surface area contributed by atoms with Gasteiger partial charge in [-0.3, -0.25) is 0 Å². The molecule has 0 aromatic heterocycles. The third-order valence-electron chi connectivity index (χ3n) is 3.49. The molecule has 0 aliphatic carbocycles. The van der Waals surface area contributed by atoms with E-state index < -0.39 is 16.3 Å². The number of halogens is 1. The fourth-order valence-electron chi connectivity index (χ4n) is 2.28. The third kappa shape index (κ3) is 3.35. The minimum absolute atomic E-state index is 0.353. The first-order chi connectivity index (χ1) is 10.3. The Morgan fingerprint density at radius 1 is 0.864 bits per heavy atom. The summed E-state index contributed by atoms with van der Waals surface area (Å²) in [6.07, 6.45) is 0. The number of hydrogen-bond donors (Lipinski definition) is 0. The van der Waals surface area contributed by atoms with Crippen LogP contribution in [0.15, 0.2) is 54.6 Å². The smallest absolute Gasteiger partial charge is 0.207 e. The Balaban J connectivity index is 2.54. The number of rotatable bonds is 5. The Hall–Kier alpha value is -1.76. The van der Waals surface area contributed by atoms with Crippen LogP contribution in [0, 0.1) is 5.82 Å². The molecule has 0 heterocycles. The molecule has 0 amide bonds. The van der Waals surface area contributed by atoms with E-state index in [0.717, 1.165) is 9.87 Å². The van der Waals surface area contributed by atoms with Gasteiger partial charge in [0.25, 0.3) is 10.2 Å². The fraction of sp³-hybridized carbons (Fsp3) is 0.250. The summed E-state index contributed by atoms with van der Waals surface area (Å²) in [5, 5.41) is 0. The van der Waals surface area contributed by atoms with Crippen LogP contribution < -0.4 is 0 Å². The number of nitrogens with zero attached hydrogens (tertiary/aromatic N) is 2. The molecule has 0 fully saturated rings. The minimum Gasteiger partial charge on any atom is -0.207 e. The van der Waals surface area contributed by atoms with Gasteiger partial charge in [-0.15, -0.1) is 0 Å². The molecule has 0 N–H and O–H groups in total. The zero-order valence-corrected chi connectivity index (χ0v) is 13.6. The van der Waals surface area contributed by atoms with Gasteiger partial charge in [0.05, 0.1) is 6.04 Å². The van der Waals surface area contributed by atoms with Crippen molar-refractivity contribution in [2.75, 3.05) is 21.1 Å². The molecule has 4 nitrogen and oxygen atoms in total. The first-order valence-electron chi connectivity index (χ1n) is 6.80. The van der Waals surface area contributed by atoms with Crippen molar-refractivity contribution < 1.29 is 12.8 Å². The standard InChI is InChI=1S/C16H19FN2O2S/c1-18(2)22(20,21)19(3)16(13-7-5-4-6-8-13)14-9-11-15(17)12-10-14/h4-12,16H,1-3H3. The largest absolute Gasteiger partial charge is 0.282 e. The van der Waals surface area contributed by atoms with Crippen molar-refractivity contribution in [2.24, 2.45) is 0 Å². The summed E-state index contributed by atoms with van der Waals surface area (Å²) in [6, 6.07) is 14.6. The van der Waals surface area contributed by atoms with Crippen molar-refractivity contribution in [3.05, 3.63) is 71.5 Å². The van der Waals surface area contributed by atoms with E-state index in [1.54, 1.807) is 12.1 Å². The Morgan fingerprint density at radius 3 is 1.86 bits per heavy atom. The summed E-state index contributed by atoms with van der Waals surface area (Å²) in [7, 11) is 0.884. The van der Waals surface area contributed by atoms with Crippen LogP contribution in [0.3, 0.4) is 0 Å². The maximum absolute atomic E-state index is 13.2. The third-order valence-corrected chi connectivity index (χ3v) is 5.35. The van der Waals surface area contributed by atoms with Crippen molar-refractivity contribution >= 4 is 10.2 Å². The quantitative estimate of drug-likeness (QED) is 0.849. The fourth-order valence-corrected chi connectivity index (χ4v) is 3.31. The highest BCUT2D eigenvalue weighted by atomic mass is 32.2. The second-order valence-electron chi connectivity index (χ2n) is 5.17. The van der Waals surface area contributed by atoms with Gasteiger partial charge < -0.3 is 0 Å². The highest BCUT2D eigenvalue weighted by molar-refractivity contribution is 7.86. The molecular formula is C16H19FN2O2S. The molecule has 0 saturated carbocycles. The van der Waals surface area contributed by atoms with E-state index in [1.165, 1.54) is 37.6 Å². The predicted molar refractivity (Wildman–Crippen MR) is 85.1 cm³/mol. The normalized spacial score (nSPS) is 13.5. The molecule has 2 rings (SSSR count). The van der Waals surface area contributed by atoms with Gasteiger partial charge in [0.15, 0.2) is 0 Å². The maximum Gasteiger partial charge on any atom is 0.282 e. The van der Waals surface area contributed by atoms with E-state index in [4.69, 9.17) is 0 Å². The van der Waals surface area contributed by atoms with E-state index in [-0.39, 0.29) is 5.82 Å². The molecule has 0 bridgehead atoms. The first kappa shape index (κ1) is 16.6. The zero-order chi connectivity index (χ0) is 16.3. The van der Waals surface area contributed by atoms with Crippen molar-refractivity contribution in [3.63, 3.8) is 0 Å². The average Bonchev–Trinajstić information content (AvgIpc) is 2.50. The Bertz CT molecular complexity index is 716. The summed E-state index contributed by atoms with van der Waals surface area (Å²) in [5.41, 5.74) is 1.53. The summed E-state index contributed by atoms with van der Waals surface area (Å²) >= 11 is 0. The van der Waals surface area contributed by atoms with Crippen LogP contribution in [0.2, 0.25) is 0 Å². The highest BCUT2D eigenvalue weighted by Crippen LogP contribution is 2.30. The van der Waals surface area contributed by atoms with E-state index >= 15 is 0 Å². The number of benzene rings is 2. The lowest BCUT2D eigenvalue weighted by molar-refractivity contribution is 0.379. The topological polar surface area (TPSA) is 40.6 Å². The molecule has 2 aromatic rings. The average molecular weight is 322 g/mol. The van der Waals surface area contributed by atoms with E-state index in [1.807, 2.05) is 30.3 Å². The van der Waals surface area contributed by atoms with Gasteiger partial charge >= 0.3 is 0 Å². The van der Waals surface area contributed by atoms with Gasteiger partial charge in [0.2, 0.25) is 0 Å². The van der Waals surface area contributed by atoms with Gasteiger partial charge in [-0.2, -0.15) is 17.0 Å². The van der Waals surface area contributed by atoms with Gasteiger partial charge in [0.1, 0.15) is 5.82 Å². The Labute approximate surface area is 131 Å². The van der Waals surface area contributed by atoms with E-state index in [0.29, 0.717) is 5.56 Å². The summed E-state index contributed by atoms with van der Waals surface area (Å²) < 4.78 is 40.5. The molecule has 0 radical (unpaired) electrons. The van der Waals surface area contributed by atoms with Crippen LogP contribution in [0.25, 0.3) is 0 Å². The minimum atomic E-state index is -3.61. The first-order valence-corrected chi connectivity index (χ1v) is 8.19. The lowest BCUT2D eigenvalue weighted by Gasteiger charge is -2.30. The molecule has 6 heteroatoms. The second-order valence-corrected chi connectivity index (χ2v) is 7.37. The molecule has 0 saturated heterocycles. The van der Waals surface area contributed by atoms with Crippen LogP contribution in [-0.2, 0) is 10.2 Å². The highest BCUT2D eigenvalue weighted by Gasteiger charge is 2.30. The number of hydrogen-bond acceptors (Lipinski definition) is 2. The van der Waals surface area contributed by atoms with Crippen molar-refractivity contribution in [2.45, 2.75) is 6.04 Å². The predicted octanol–water partition coefficient (Wildman–Crippen LogP) is 2.65. The Morgan fingerprint density at radius 2 is 1.36 bits per heavy atom. The lowest BCUT2D eigenvalue weighted by Crippen LogP contribution is -2.40. The van der Waals surface area contributed by atoms with Crippen LogP contribution in [0.1, 0.15) is 17.2 Å². The molecule has 0 aliphatic rings. The van der Waals surface area contributed by atoms with Crippen molar-refractivity contribution in [1.82, 2.24) is 8.61 Å². The molecule has 22 heavy (non-hydrogen) atoms. The molecule has 1 unspecified atom stereocenters. The van der Waals surface area contributed by atoms with Crippen LogP contribution in [-0.4, -0.2) is 38.2 Å². The van der Waals surface area contributed by atoms with E-state index in [2.05, 4.69) is 0 Å². The lowest BCUT2D eigenvalue weighted by atomic mass is 9.99. The molecule has 118 valence electrons. The molecular weight excluding hydrogens is 303 g/mol. The van der Waals surface area contributed by atoms with E-state index in [9.17, 15) is 12.8 Å². The second kappa shape index (κ2) is 6.56.